The Morgan fingerprint density at radius 2 is 2.42 bits per heavy atom. The van der Waals surface area contributed by atoms with Gasteiger partial charge in [-0.25, -0.2) is 5.43 Å². The quantitative estimate of drug-likeness (QED) is 0.577. The van der Waals surface area contributed by atoms with E-state index in [0.29, 0.717) is 6.04 Å². The van der Waals surface area contributed by atoms with Crippen LogP contribution < -0.4 is 11.2 Å². The number of nitrogens with zero attached hydrogens (tertiary/aromatic N) is 1. The maximum absolute atomic E-state index is 11.4. The van der Waals surface area contributed by atoms with Gasteiger partial charge in [0.2, 0.25) is 0 Å². The van der Waals surface area contributed by atoms with Gasteiger partial charge >= 0.3 is 0 Å². The third-order valence-electron chi connectivity index (χ3n) is 2.05. The van der Waals surface area contributed by atoms with Crippen LogP contribution in [0.25, 0.3) is 0 Å². The molecule has 1 aliphatic rings. The lowest BCUT2D eigenvalue weighted by molar-refractivity contribution is -0.137. The van der Waals surface area contributed by atoms with Gasteiger partial charge in [-0.2, -0.15) is 0 Å². The summed E-state index contributed by atoms with van der Waals surface area (Å²) in [6, 6.07) is -0.00995. The van der Waals surface area contributed by atoms with E-state index in [1.165, 1.54) is 0 Å². The highest BCUT2D eigenvalue weighted by atomic mass is 16.2. The fourth-order valence-electron chi connectivity index (χ4n) is 1.37. The molecule has 3 N–H and O–H groups in total. The van der Waals surface area contributed by atoms with E-state index in [-0.39, 0.29) is 5.91 Å². The van der Waals surface area contributed by atoms with Gasteiger partial charge in [0.05, 0.1) is 6.04 Å². The molecule has 12 heavy (non-hydrogen) atoms. The van der Waals surface area contributed by atoms with Crippen LogP contribution in [0.2, 0.25) is 0 Å². The van der Waals surface area contributed by atoms with Crippen molar-refractivity contribution >= 4 is 5.91 Å². The Balaban J connectivity index is 2.46. The summed E-state index contributed by atoms with van der Waals surface area (Å²) in [7, 11) is 0. The highest BCUT2D eigenvalue weighted by Crippen LogP contribution is 2.06. The minimum atomic E-state index is -0.400. The van der Waals surface area contributed by atoms with Gasteiger partial charge in [0.15, 0.2) is 0 Å². The lowest BCUT2D eigenvalue weighted by atomic mass is 10.1. The van der Waals surface area contributed by atoms with Crippen molar-refractivity contribution in [3.8, 4) is 0 Å². The molecule has 1 fully saturated rings. The monoisotopic (exact) mass is 171 g/mol. The second-order valence-corrected chi connectivity index (χ2v) is 3.45. The number of rotatable bonds is 1. The summed E-state index contributed by atoms with van der Waals surface area (Å²) >= 11 is 0. The van der Waals surface area contributed by atoms with Crippen LogP contribution in [0.15, 0.2) is 0 Å². The normalized spacial score (nSPS) is 26.9. The highest BCUT2D eigenvalue weighted by molar-refractivity contribution is 5.80. The second-order valence-electron chi connectivity index (χ2n) is 3.45. The zero-order valence-electron chi connectivity index (χ0n) is 7.71. The van der Waals surface area contributed by atoms with E-state index >= 15 is 0 Å². The van der Waals surface area contributed by atoms with Gasteiger partial charge in [0.25, 0.3) is 5.91 Å². The molecular weight excluding hydrogens is 154 g/mol. The van der Waals surface area contributed by atoms with Crippen molar-refractivity contribution in [3.63, 3.8) is 0 Å². The van der Waals surface area contributed by atoms with Crippen LogP contribution in [0.5, 0.6) is 0 Å². The van der Waals surface area contributed by atoms with E-state index in [0.717, 1.165) is 19.4 Å². The molecule has 1 amide bonds. The van der Waals surface area contributed by atoms with Crippen molar-refractivity contribution in [2.75, 3.05) is 6.54 Å². The molecular formula is C8H17N3O. The SMILES string of the molecule is CC1CCCN(C(=O)C(C)N)N1. The van der Waals surface area contributed by atoms with E-state index in [4.69, 9.17) is 5.73 Å². The Morgan fingerprint density at radius 1 is 1.75 bits per heavy atom. The zero-order chi connectivity index (χ0) is 9.14. The Morgan fingerprint density at radius 3 is 2.92 bits per heavy atom. The molecule has 0 aromatic carbocycles. The molecule has 2 atom stereocenters. The summed E-state index contributed by atoms with van der Waals surface area (Å²) in [5.41, 5.74) is 8.58. The van der Waals surface area contributed by atoms with Crippen molar-refractivity contribution in [1.82, 2.24) is 10.4 Å². The van der Waals surface area contributed by atoms with Crippen LogP contribution in [0, 0.1) is 0 Å². The first-order chi connectivity index (χ1) is 5.61. The molecule has 0 radical (unpaired) electrons. The zero-order valence-corrected chi connectivity index (χ0v) is 7.71. The predicted molar refractivity (Wildman–Crippen MR) is 47.2 cm³/mol. The summed E-state index contributed by atoms with van der Waals surface area (Å²) in [5.74, 6) is -0.0125. The number of hydrogen-bond donors (Lipinski definition) is 2. The fraction of sp³-hybridized carbons (Fsp3) is 0.875. The molecule has 0 aromatic heterocycles. The molecule has 0 bridgehead atoms. The Labute approximate surface area is 73.1 Å². The minimum Gasteiger partial charge on any atom is -0.320 e. The van der Waals surface area contributed by atoms with Crippen LogP contribution in [0.1, 0.15) is 26.7 Å². The fourth-order valence-corrected chi connectivity index (χ4v) is 1.37. The number of nitrogens with two attached hydrogens (primary N) is 1. The smallest absolute Gasteiger partial charge is 0.253 e. The molecule has 4 nitrogen and oxygen atoms in total. The topological polar surface area (TPSA) is 58.4 Å². The summed E-state index contributed by atoms with van der Waals surface area (Å²) in [4.78, 5) is 11.4. The predicted octanol–water partition coefficient (Wildman–Crippen LogP) is -0.151. The van der Waals surface area contributed by atoms with Gasteiger partial charge in [-0.3, -0.25) is 9.80 Å². The van der Waals surface area contributed by atoms with Crippen LogP contribution in [0.4, 0.5) is 0 Å². The molecule has 2 unspecified atom stereocenters. The third kappa shape index (κ3) is 2.19. The van der Waals surface area contributed by atoms with E-state index in [1.807, 2.05) is 0 Å². The molecule has 4 heteroatoms. The number of carbonyl (C=O) groups excluding carboxylic acids is 1. The lowest BCUT2D eigenvalue weighted by Gasteiger charge is -2.33. The molecule has 0 aliphatic carbocycles. The number of nitrogens with one attached hydrogen (secondary N) is 1. The van der Waals surface area contributed by atoms with Crippen LogP contribution in [0.3, 0.4) is 0 Å². The Bertz CT molecular complexity index is 170. The van der Waals surface area contributed by atoms with Gasteiger partial charge in [-0.05, 0) is 26.7 Å². The largest absolute Gasteiger partial charge is 0.320 e. The van der Waals surface area contributed by atoms with E-state index in [9.17, 15) is 4.79 Å². The molecule has 1 rings (SSSR count). The lowest BCUT2D eigenvalue weighted by Crippen LogP contribution is -2.55. The van der Waals surface area contributed by atoms with E-state index < -0.39 is 6.04 Å². The average molecular weight is 171 g/mol. The highest BCUT2D eigenvalue weighted by Gasteiger charge is 2.22. The number of hydrogen-bond acceptors (Lipinski definition) is 3. The first-order valence-corrected chi connectivity index (χ1v) is 4.44. The molecule has 1 aliphatic heterocycles. The number of carbonyl (C=O) groups is 1. The van der Waals surface area contributed by atoms with Crippen molar-refractivity contribution < 1.29 is 4.79 Å². The van der Waals surface area contributed by atoms with Gasteiger partial charge in [0.1, 0.15) is 0 Å². The summed E-state index contributed by atoms with van der Waals surface area (Å²) in [6.07, 6.45) is 2.19. The summed E-state index contributed by atoms with van der Waals surface area (Å²) < 4.78 is 0. The first kappa shape index (κ1) is 9.48. The van der Waals surface area contributed by atoms with Crippen molar-refractivity contribution in [1.29, 1.82) is 0 Å². The maximum atomic E-state index is 11.4. The van der Waals surface area contributed by atoms with Gasteiger partial charge < -0.3 is 5.73 Å². The Hall–Kier alpha value is -0.610. The van der Waals surface area contributed by atoms with Crippen LogP contribution >= 0.6 is 0 Å². The molecule has 0 spiro atoms. The van der Waals surface area contributed by atoms with E-state index in [1.54, 1.807) is 11.9 Å². The second kappa shape index (κ2) is 3.87. The average Bonchev–Trinajstić information content (AvgIpc) is 2.03. The number of amides is 1. The molecule has 0 aromatic rings. The van der Waals surface area contributed by atoms with Gasteiger partial charge in [-0.15, -0.1) is 0 Å². The van der Waals surface area contributed by atoms with Crippen molar-refractivity contribution in [2.24, 2.45) is 5.73 Å². The standard InChI is InChI=1S/C8H17N3O/c1-6-4-3-5-11(10-6)8(12)7(2)9/h6-7,10H,3-5,9H2,1-2H3. The van der Waals surface area contributed by atoms with Crippen LogP contribution in [-0.2, 0) is 4.79 Å². The molecule has 70 valence electrons. The molecule has 1 saturated heterocycles. The first-order valence-electron chi connectivity index (χ1n) is 4.44. The summed E-state index contributed by atoms with van der Waals surface area (Å²) in [6.45, 7) is 4.56. The minimum absolute atomic E-state index is 0.0125. The number of hydrazine groups is 1. The van der Waals surface area contributed by atoms with Crippen molar-refractivity contribution in [3.05, 3.63) is 0 Å². The van der Waals surface area contributed by atoms with Gasteiger partial charge in [0, 0.05) is 12.6 Å². The molecule has 0 saturated carbocycles. The van der Waals surface area contributed by atoms with Gasteiger partial charge in [-0.1, -0.05) is 0 Å². The van der Waals surface area contributed by atoms with Crippen molar-refractivity contribution in [2.45, 2.75) is 38.8 Å². The van der Waals surface area contributed by atoms with Crippen LogP contribution in [-0.4, -0.2) is 29.5 Å². The third-order valence-corrected chi connectivity index (χ3v) is 2.05. The summed E-state index contributed by atoms with van der Waals surface area (Å²) in [5, 5.41) is 1.64. The Kier molecular flexibility index (Phi) is 3.05. The molecule has 1 heterocycles. The van der Waals surface area contributed by atoms with E-state index in [2.05, 4.69) is 12.3 Å². The maximum Gasteiger partial charge on any atom is 0.253 e.